The quantitative estimate of drug-likeness (QED) is 0.638. The van der Waals surface area contributed by atoms with E-state index in [2.05, 4.69) is 52.3 Å². The van der Waals surface area contributed by atoms with Crippen LogP contribution in [0.3, 0.4) is 0 Å². The predicted octanol–water partition coefficient (Wildman–Crippen LogP) is 4.71. The normalized spacial score (nSPS) is 11.2. The molecule has 0 fully saturated rings. The van der Waals surface area contributed by atoms with E-state index < -0.39 is 0 Å². The number of aryl methyl sites for hydroxylation is 3. The molecule has 102 valence electrons. The molecule has 3 aromatic rings. The second-order valence-electron chi connectivity index (χ2n) is 4.98. The lowest BCUT2D eigenvalue weighted by Crippen LogP contribution is -1.95. The molecule has 0 N–H and O–H groups in total. The molecule has 0 aliphatic rings. The number of halogens is 1. The van der Waals surface area contributed by atoms with Crippen LogP contribution in [-0.2, 0) is 5.33 Å². The van der Waals surface area contributed by atoms with Gasteiger partial charge in [-0.2, -0.15) is 0 Å². The highest BCUT2D eigenvalue weighted by Gasteiger charge is 2.17. The van der Waals surface area contributed by atoms with Gasteiger partial charge in [0.1, 0.15) is 5.76 Å². The van der Waals surface area contributed by atoms with Crippen molar-refractivity contribution in [3.05, 3.63) is 46.8 Å². The number of aromatic nitrogens is 2. The summed E-state index contributed by atoms with van der Waals surface area (Å²) in [6, 6.07) is 8.43. The average molecular weight is 331 g/mol. The van der Waals surface area contributed by atoms with Crippen LogP contribution in [0.2, 0.25) is 0 Å². The lowest BCUT2D eigenvalue weighted by atomic mass is 10.0. The molecule has 2 aromatic heterocycles. The third-order valence-corrected chi connectivity index (χ3v) is 4.14. The molecular formula is C16H15BrN2O. The number of fused-ring (bicyclic) bond motifs is 1. The Balaban J connectivity index is 2.37. The van der Waals surface area contributed by atoms with Crippen LogP contribution in [0.1, 0.15) is 22.6 Å². The molecule has 1 aromatic carbocycles. The van der Waals surface area contributed by atoms with Gasteiger partial charge in [0.05, 0.1) is 22.5 Å². The van der Waals surface area contributed by atoms with E-state index in [0.29, 0.717) is 0 Å². The number of rotatable bonds is 2. The van der Waals surface area contributed by atoms with Gasteiger partial charge in [0.15, 0.2) is 0 Å². The first-order chi connectivity index (χ1) is 9.61. The van der Waals surface area contributed by atoms with Gasteiger partial charge < -0.3 is 4.52 Å². The average Bonchev–Trinajstić information content (AvgIpc) is 2.77. The van der Waals surface area contributed by atoms with Crippen molar-refractivity contribution in [3.8, 4) is 11.3 Å². The second-order valence-corrected chi connectivity index (χ2v) is 5.54. The first-order valence-electron chi connectivity index (χ1n) is 6.50. The lowest BCUT2D eigenvalue weighted by Gasteiger charge is -2.10. The van der Waals surface area contributed by atoms with Crippen LogP contribution in [0.5, 0.6) is 0 Å². The summed E-state index contributed by atoms with van der Waals surface area (Å²) in [6.45, 7) is 5.96. The van der Waals surface area contributed by atoms with E-state index in [0.717, 1.165) is 44.5 Å². The number of hydrogen-bond acceptors (Lipinski definition) is 3. The molecule has 0 atom stereocenters. The molecule has 0 bridgehead atoms. The molecule has 0 aliphatic heterocycles. The van der Waals surface area contributed by atoms with Gasteiger partial charge in [-0.3, -0.25) is 0 Å². The second kappa shape index (κ2) is 5.02. The molecule has 2 heterocycles. The molecule has 3 rings (SSSR count). The monoisotopic (exact) mass is 330 g/mol. The van der Waals surface area contributed by atoms with E-state index in [9.17, 15) is 0 Å². The SMILES string of the molecule is Cc1noc(C)c1-c1nc2c(C)cccc2cc1CBr. The van der Waals surface area contributed by atoms with E-state index in [4.69, 9.17) is 9.51 Å². The Hall–Kier alpha value is -1.68. The Morgan fingerprint density at radius 1 is 1.20 bits per heavy atom. The maximum atomic E-state index is 5.29. The Morgan fingerprint density at radius 3 is 2.65 bits per heavy atom. The maximum absolute atomic E-state index is 5.29. The molecule has 0 saturated carbocycles. The van der Waals surface area contributed by atoms with Crippen molar-refractivity contribution in [2.75, 3.05) is 0 Å². The highest BCUT2D eigenvalue weighted by molar-refractivity contribution is 9.08. The van der Waals surface area contributed by atoms with Crippen molar-refractivity contribution < 1.29 is 4.52 Å². The highest BCUT2D eigenvalue weighted by atomic mass is 79.9. The topological polar surface area (TPSA) is 38.9 Å². The van der Waals surface area contributed by atoms with Crippen LogP contribution in [0.25, 0.3) is 22.2 Å². The maximum Gasteiger partial charge on any atom is 0.143 e. The Morgan fingerprint density at radius 2 is 2.00 bits per heavy atom. The van der Waals surface area contributed by atoms with Crippen molar-refractivity contribution in [1.82, 2.24) is 10.1 Å². The van der Waals surface area contributed by atoms with Gasteiger partial charge in [0.2, 0.25) is 0 Å². The number of para-hydroxylation sites is 1. The van der Waals surface area contributed by atoms with Gasteiger partial charge in [-0.05, 0) is 38.0 Å². The number of pyridine rings is 1. The van der Waals surface area contributed by atoms with Crippen molar-refractivity contribution in [2.45, 2.75) is 26.1 Å². The zero-order chi connectivity index (χ0) is 14.3. The van der Waals surface area contributed by atoms with Crippen LogP contribution in [0, 0.1) is 20.8 Å². The van der Waals surface area contributed by atoms with Gasteiger partial charge in [-0.25, -0.2) is 4.98 Å². The molecule has 0 spiro atoms. The van der Waals surface area contributed by atoms with Crippen LogP contribution >= 0.6 is 15.9 Å². The molecule has 3 nitrogen and oxygen atoms in total. The Kier molecular flexibility index (Phi) is 3.34. The van der Waals surface area contributed by atoms with E-state index in [1.807, 2.05) is 13.8 Å². The van der Waals surface area contributed by atoms with E-state index in [1.54, 1.807) is 0 Å². The van der Waals surface area contributed by atoms with Gasteiger partial charge in [0, 0.05) is 10.7 Å². The van der Waals surface area contributed by atoms with Gasteiger partial charge in [-0.15, -0.1) is 0 Å². The summed E-state index contributed by atoms with van der Waals surface area (Å²) in [4.78, 5) is 4.88. The summed E-state index contributed by atoms with van der Waals surface area (Å²) >= 11 is 3.56. The van der Waals surface area contributed by atoms with Crippen molar-refractivity contribution in [3.63, 3.8) is 0 Å². The van der Waals surface area contributed by atoms with Gasteiger partial charge in [0.25, 0.3) is 0 Å². The zero-order valence-corrected chi connectivity index (χ0v) is 13.3. The highest BCUT2D eigenvalue weighted by Crippen LogP contribution is 2.32. The van der Waals surface area contributed by atoms with Crippen molar-refractivity contribution in [2.24, 2.45) is 0 Å². The summed E-state index contributed by atoms with van der Waals surface area (Å²) in [5, 5.41) is 5.96. The van der Waals surface area contributed by atoms with E-state index >= 15 is 0 Å². The lowest BCUT2D eigenvalue weighted by molar-refractivity contribution is 0.393. The predicted molar refractivity (Wildman–Crippen MR) is 84.1 cm³/mol. The van der Waals surface area contributed by atoms with E-state index in [-0.39, 0.29) is 0 Å². The minimum atomic E-state index is 0.753. The van der Waals surface area contributed by atoms with Crippen molar-refractivity contribution in [1.29, 1.82) is 0 Å². The molecule has 0 unspecified atom stereocenters. The summed E-state index contributed by atoms with van der Waals surface area (Å²) in [7, 11) is 0. The fraction of sp³-hybridized carbons (Fsp3) is 0.250. The smallest absolute Gasteiger partial charge is 0.143 e. The third-order valence-electron chi connectivity index (χ3n) is 3.54. The molecule has 4 heteroatoms. The minimum Gasteiger partial charge on any atom is -0.361 e. The standard InChI is InChI=1S/C16H15BrN2O/c1-9-5-4-6-12-7-13(8-17)16(18-15(9)12)14-10(2)19-20-11(14)3/h4-7H,8H2,1-3H3. The summed E-state index contributed by atoms with van der Waals surface area (Å²) in [5.41, 5.74) is 6.20. The molecule has 20 heavy (non-hydrogen) atoms. The first-order valence-corrected chi connectivity index (χ1v) is 7.62. The van der Waals surface area contributed by atoms with Crippen molar-refractivity contribution >= 4 is 26.8 Å². The summed E-state index contributed by atoms with van der Waals surface area (Å²) in [5.74, 6) is 0.810. The first kappa shape index (κ1) is 13.3. The Bertz CT molecular complexity index is 773. The summed E-state index contributed by atoms with van der Waals surface area (Å²) in [6.07, 6.45) is 0. The number of alkyl halides is 1. The van der Waals surface area contributed by atoms with Crippen LogP contribution in [0.15, 0.2) is 28.8 Å². The Labute approximate surface area is 126 Å². The summed E-state index contributed by atoms with van der Waals surface area (Å²) < 4.78 is 5.29. The molecule has 0 saturated heterocycles. The van der Waals surface area contributed by atoms with Gasteiger partial charge in [-0.1, -0.05) is 39.3 Å². The molecule has 0 aliphatic carbocycles. The molecule has 0 radical (unpaired) electrons. The van der Waals surface area contributed by atoms with E-state index in [1.165, 1.54) is 5.56 Å². The minimum absolute atomic E-state index is 0.753. The number of hydrogen-bond donors (Lipinski definition) is 0. The molecule has 0 amide bonds. The van der Waals surface area contributed by atoms with Crippen LogP contribution < -0.4 is 0 Å². The zero-order valence-electron chi connectivity index (χ0n) is 11.7. The number of benzene rings is 1. The fourth-order valence-electron chi connectivity index (χ4n) is 2.53. The van der Waals surface area contributed by atoms with Crippen LogP contribution in [-0.4, -0.2) is 10.1 Å². The third kappa shape index (κ3) is 2.04. The number of nitrogens with zero attached hydrogens (tertiary/aromatic N) is 2. The fourth-order valence-corrected chi connectivity index (χ4v) is 2.96. The largest absolute Gasteiger partial charge is 0.361 e. The van der Waals surface area contributed by atoms with Gasteiger partial charge >= 0.3 is 0 Å². The van der Waals surface area contributed by atoms with Crippen LogP contribution in [0.4, 0.5) is 0 Å². The molecular weight excluding hydrogens is 316 g/mol.